The number of hydrogen-bond donors (Lipinski definition) is 1. The minimum Gasteiger partial charge on any atom is -0.371 e. The van der Waals surface area contributed by atoms with Gasteiger partial charge in [-0.15, -0.1) is 0 Å². The van der Waals surface area contributed by atoms with Gasteiger partial charge in [-0.1, -0.05) is 6.07 Å². The molecule has 1 fully saturated rings. The number of piperidine rings is 1. The van der Waals surface area contributed by atoms with Crippen molar-refractivity contribution in [3.05, 3.63) is 33.9 Å². The quantitative estimate of drug-likeness (QED) is 0.669. The van der Waals surface area contributed by atoms with E-state index in [-0.39, 0.29) is 10.6 Å². The van der Waals surface area contributed by atoms with E-state index in [9.17, 15) is 10.1 Å². The lowest BCUT2D eigenvalue weighted by Gasteiger charge is -2.33. The van der Waals surface area contributed by atoms with Crippen LogP contribution in [0.3, 0.4) is 0 Å². The molecule has 1 N–H and O–H groups in total. The normalized spacial score (nSPS) is 16.6. The van der Waals surface area contributed by atoms with Gasteiger partial charge in [0.1, 0.15) is 0 Å². The van der Waals surface area contributed by atoms with Gasteiger partial charge in [0, 0.05) is 30.4 Å². The zero-order chi connectivity index (χ0) is 13.8. The number of hydrogen-bond acceptors (Lipinski definition) is 4. The van der Waals surface area contributed by atoms with Crippen molar-refractivity contribution in [3.8, 4) is 0 Å². The maximum absolute atomic E-state index is 11.0. The maximum atomic E-state index is 11.0. The molecule has 0 aliphatic carbocycles. The minimum absolute atomic E-state index is 0.217. The number of nitrogens with zero attached hydrogens (tertiary/aromatic N) is 2. The van der Waals surface area contributed by atoms with Crippen molar-refractivity contribution in [1.29, 1.82) is 0 Å². The summed E-state index contributed by atoms with van der Waals surface area (Å²) in [6.07, 6.45) is 2.28. The fraction of sp³-hybridized carbons (Fsp3) is 0.571. The summed E-state index contributed by atoms with van der Waals surface area (Å²) in [6, 6.07) is 5.53. The molecule has 2 rings (SSSR count). The summed E-state index contributed by atoms with van der Waals surface area (Å²) in [5.41, 5.74) is 1.91. The van der Waals surface area contributed by atoms with Gasteiger partial charge in [0.05, 0.1) is 4.92 Å². The molecule has 0 amide bonds. The second-order valence-electron chi connectivity index (χ2n) is 5.22. The molecule has 5 heteroatoms. The SMILES string of the molecule is CNCC1CCN(c2ccc(C)c([N+](=O)[O-])c2)CC1. The van der Waals surface area contributed by atoms with Crippen molar-refractivity contribution >= 4 is 11.4 Å². The highest BCUT2D eigenvalue weighted by Crippen LogP contribution is 2.28. The third-order valence-corrected chi connectivity index (χ3v) is 3.86. The fourth-order valence-electron chi connectivity index (χ4n) is 2.68. The van der Waals surface area contributed by atoms with Gasteiger partial charge >= 0.3 is 0 Å². The molecule has 0 unspecified atom stereocenters. The third-order valence-electron chi connectivity index (χ3n) is 3.86. The second kappa shape index (κ2) is 6.02. The average Bonchev–Trinajstić information content (AvgIpc) is 2.40. The van der Waals surface area contributed by atoms with Crippen molar-refractivity contribution in [3.63, 3.8) is 0 Å². The molecule has 1 saturated heterocycles. The van der Waals surface area contributed by atoms with Gasteiger partial charge in [-0.2, -0.15) is 0 Å². The molecule has 5 nitrogen and oxygen atoms in total. The van der Waals surface area contributed by atoms with Gasteiger partial charge in [0.15, 0.2) is 0 Å². The molecule has 0 aromatic heterocycles. The van der Waals surface area contributed by atoms with Crippen molar-refractivity contribution in [1.82, 2.24) is 5.32 Å². The Labute approximate surface area is 113 Å². The van der Waals surface area contributed by atoms with Crippen molar-refractivity contribution < 1.29 is 4.92 Å². The van der Waals surface area contributed by atoms with E-state index < -0.39 is 0 Å². The molecule has 0 bridgehead atoms. The molecular weight excluding hydrogens is 242 g/mol. The lowest BCUT2D eigenvalue weighted by Crippen LogP contribution is -2.36. The summed E-state index contributed by atoms with van der Waals surface area (Å²) in [5.74, 6) is 0.724. The maximum Gasteiger partial charge on any atom is 0.274 e. The van der Waals surface area contributed by atoms with Crippen LogP contribution in [0.4, 0.5) is 11.4 Å². The van der Waals surface area contributed by atoms with Crippen LogP contribution in [-0.2, 0) is 0 Å². The monoisotopic (exact) mass is 263 g/mol. The Bertz CT molecular complexity index is 454. The van der Waals surface area contributed by atoms with Crippen LogP contribution in [0.5, 0.6) is 0 Å². The van der Waals surface area contributed by atoms with Crippen LogP contribution in [0.15, 0.2) is 18.2 Å². The minimum atomic E-state index is -0.299. The first-order chi connectivity index (χ1) is 9.11. The van der Waals surface area contributed by atoms with E-state index in [1.165, 1.54) is 0 Å². The highest BCUT2D eigenvalue weighted by Gasteiger charge is 2.20. The Hall–Kier alpha value is -1.62. The summed E-state index contributed by atoms with van der Waals surface area (Å²) >= 11 is 0. The number of nitro groups is 1. The molecule has 1 heterocycles. The van der Waals surface area contributed by atoms with Gasteiger partial charge in [-0.05, 0) is 45.3 Å². The van der Waals surface area contributed by atoms with E-state index in [1.807, 2.05) is 19.2 Å². The zero-order valence-corrected chi connectivity index (χ0v) is 11.6. The Morgan fingerprint density at radius 2 is 2.11 bits per heavy atom. The molecule has 0 spiro atoms. The Morgan fingerprint density at radius 1 is 1.42 bits per heavy atom. The molecule has 0 saturated carbocycles. The van der Waals surface area contributed by atoms with Crippen LogP contribution in [0.2, 0.25) is 0 Å². The van der Waals surface area contributed by atoms with E-state index in [0.717, 1.165) is 49.6 Å². The van der Waals surface area contributed by atoms with Gasteiger partial charge in [-0.25, -0.2) is 0 Å². The summed E-state index contributed by atoms with van der Waals surface area (Å²) in [7, 11) is 1.98. The number of nitro benzene ring substituents is 1. The van der Waals surface area contributed by atoms with E-state index in [2.05, 4.69) is 10.2 Å². The molecule has 0 atom stereocenters. The topological polar surface area (TPSA) is 58.4 Å². The Kier molecular flexibility index (Phi) is 4.37. The predicted molar refractivity (Wildman–Crippen MR) is 76.7 cm³/mol. The van der Waals surface area contributed by atoms with Crippen LogP contribution in [0.25, 0.3) is 0 Å². The summed E-state index contributed by atoms with van der Waals surface area (Å²) in [5, 5.41) is 14.2. The molecule has 1 aliphatic heterocycles. The standard InChI is InChI=1S/C14H21N3O2/c1-11-3-4-13(9-14(11)17(18)19)16-7-5-12(6-8-16)10-15-2/h3-4,9,12,15H,5-8,10H2,1-2H3. The lowest BCUT2D eigenvalue weighted by atomic mass is 9.96. The second-order valence-corrected chi connectivity index (χ2v) is 5.22. The van der Waals surface area contributed by atoms with Gasteiger partial charge in [0.25, 0.3) is 5.69 Å². The van der Waals surface area contributed by atoms with E-state index in [4.69, 9.17) is 0 Å². The number of nitrogens with one attached hydrogen (secondary N) is 1. The molecule has 0 radical (unpaired) electrons. The summed E-state index contributed by atoms with van der Waals surface area (Å²) in [4.78, 5) is 12.9. The molecule has 1 aromatic carbocycles. The van der Waals surface area contributed by atoms with E-state index in [1.54, 1.807) is 13.0 Å². The first-order valence-electron chi connectivity index (χ1n) is 6.76. The summed E-state index contributed by atoms with van der Waals surface area (Å²) < 4.78 is 0. The Morgan fingerprint density at radius 3 is 2.68 bits per heavy atom. The van der Waals surface area contributed by atoms with Gasteiger partial charge in [-0.3, -0.25) is 10.1 Å². The highest BCUT2D eigenvalue weighted by atomic mass is 16.6. The Balaban J connectivity index is 2.07. The largest absolute Gasteiger partial charge is 0.371 e. The van der Waals surface area contributed by atoms with Crippen molar-refractivity contribution in [2.75, 3.05) is 31.6 Å². The predicted octanol–water partition coefficient (Wildman–Crippen LogP) is 2.34. The smallest absolute Gasteiger partial charge is 0.274 e. The van der Waals surface area contributed by atoms with Crippen LogP contribution >= 0.6 is 0 Å². The third kappa shape index (κ3) is 3.23. The molecule has 1 aromatic rings. The van der Waals surface area contributed by atoms with Gasteiger partial charge < -0.3 is 10.2 Å². The number of aryl methyl sites for hydroxylation is 1. The lowest BCUT2D eigenvalue weighted by molar-refractivity contribution is -0.385. The first-order valence-corrected chi connectivity index (χ1v) is 6.76. The summed E-state index contributed by atoms with van der Waals surface area (Å²) in [6.45, 7) is 4.79. The van der Waals surface area contributed by atoms with E-state index >= 15 is 0 Å². The van der Waals surface area contributed by atoms with Crippen LogP contribution in [-0.4, -0.2) is 31.6 Å². The molecular formula is C14H21N3O2. The van der Waals surface area contributed by atoms with Crippen LogP contribution < -0.4 is 10.2 Å². The fourth-order valence-corrected chi connectivity index (χ4v) is 2.68. The van der Waals surface area contributed by atoms with E-state index in [0.29, 0.717) is 0 Å². The number of anilines is 1. The highest BCUT2D eigenvalue weighted by molar-refractivity contribution is 5.56. The molecule has 104 valence electrons. The van der Waals surface area contributed by atoms with Gasteiger partial charge in [0.2, 0.25) is 0 Å². The zero-order valence-electron chi connectivity index (χ0n) is 11.6. The number of rotatable bonds is 4. The van der Waals surface area contributed by atoms with Crippen molar-refractivity contribution in [2.45, 2.75) is 19.8 Å². The number of benzene rings is 1. The molecule has 19 heavy (non-hydrogen) atoms. The van der Waals surface area contributed by atoms with Crippen LogP contribution in [0.1, 0.15) is 18.4 Å². The van der Waals surface area contributed by atoms with Crippen LogP contribution in [0, 0.1) is 23.0 Å². The molecule has 1 aliphatic rings. The van der Waals surface area contributed by atoms with Crippen molar-refractivity contribution in [2.24, 2.45) is 5.92 Å². The average molecular weight is 263 g/mol. The first kappa shape index (κ1) is 13.8.